The van der Waals surface area contributed by atoms with E-state index >= 15 is 0 Å². The highest BCUT2D eigenvalue weighted by atomic mass is 79.9. The van der Waals surface area contributed by atoms with Crippen LogP contribution in [0.15, 0.2) is 77.3 Å². The van der Waals surface area contributed by atoms with Crippen molar-refractivity contribution in [3.8, 4) is 5.75 Å². The molecule has 194 valence electrons. The zero-order valence-electron chi connectivity index (χ0n) is 21.8. The molecule has 0 aromatic heterocycles. The van der Waals surface area contributed by atoms with Crippen LogP contribution in [0.1, 0.15) is 24.5 Å². The maximum atomic E-state index is 14.5. The average molecular weight is 581 g/mol. The van der Waals surface area contributed by atoms with Gasteiger partial charge in [0.05, 0.1) is 33.5 Å². The van der Waals surface area contributed by atoms with Crippen LogP contribution in [-0.4, -0.2) is 38.9 Å². The fraction of sp³-hybridized carbons (Fsp3) is 0.367. The van der Waals surface area contributed by atoms with Crippen molar-refractivity contribution in [2.45, 2.75) is 50.2 Å². The number of hydrogen-bond donors (Lipinski definition) is 1. The third-order valence-electron chi connectivity index (χ3n) is 8.39. The summed E-state index contributed by atoms with van der Waals surface area (Å²) in [4.78, 5) is 16.4. The van der Waals surface area contributed by atoms with Crippen molar-refractivity contribution < 1.29 is 19.4 Å². The normalized spacial score (nSPS) is 25.1. The third kappa shape index (κ3) is 4.26. The van der Waals surface area contributed by atoms with E-state index in [0.717, 1.165) is 27.0 Å². The first kappa shape index (κ1) is 26.2. The van der Waals surface area contributed by atoms with Crippen molar-refractivity contribution in [1.82, 2.24) is 0 Å². The highest BCUT2D eigenvalue weighted by Gasteiger charge is 2.66. The van der Waals surface area contributed by atoms with E-state index in [4.69, 9.17) is 9.47 Å². The lowest BCUT2D eigenvalue weighted by Gasteiger charge is -2.37. The van der Waals surface area contributed by atoms with Gasteiger partial charge >= 0.3 is 0 Å². The van der Waals surface area contributed by atoms with Crippen LogP contribution in [-0.2, 0) is 21.7 Å². The Morgan fingerprint density at radius 3 is 2.43 bits per heavy atom. The van der Waals surface area contributed by atoms with Crippen LogP contribution in [0.2, 0.25) is 18.6 Å². The number of aliphatic hydroxyl groups is 1. The Hall–Kier alpha value is -2.45. The van der Waals surface area contributed by atoms with Crippen molar-refractivity contribution in [2.75, 3.05) is 18.6 Å². The first-order chi connectivity index (χ1) is 17.7. The molecule has 2 aliphatic rings. The SMILES string of the molecule is COc1ccc([Si](C)(C)[C@@H]2[C@@H](CCO)O[C@]3(C(=O)N(Cc4ccccc4)c4ccc(Br)cc43)[C@H]2C)cc1. The van der Waals surface area contributed by atoms with Crippen LogP contribution in [0.25, 0.3) is 0 Å². The minimum Gasteiger partial charge on any atom is -0.497 e. The molecule has 1 saturated heterocycles. The van der Waals surface area contributed by atoms with E-state index in [1.165, 1.54) is 5.19 Å². The van der Waals surface area contributed by atoms with E-state index in [-0.39, 0.29) is 30.1 Å². The Labute approximate surface area is 228 Å². The lowest BCUT2D eigenvalue weighted by Crippen LogP contribution is -2.51. The smallest absolute Gasteiger partial charge is 0.264 e. The fourth-order valence-electron chi connectivity index (χ4n) is 6.61. The summed E-state index contributed by atoms with van der Waals surface area (Å²) in [5.41, 5.74) is 1.93. The van der Waals surface area contributed by atoms with E-state index in [9.17, 15) is 9.90 Å². The molecule has 5 rings (SSSR count). The molecular weight excluding hydrogens is 546 g/mol. The number of ether oxygens (including phenoxy) is 2. The molecule has 2 heterocycles. The second-order valence-electron chi connectivity index (χ2n) is 10.7. The maximum Gasteiger partial charge on any atom is 0.264 e. The van der Waals surface area contributed by atoms with E-state index in [1.54, 1.807) is 7.11 Å². The number of methoxy groups -OCH3 is 1. The average Bonchev–Trinajstić information content (AvgIpc) is 3.32. The zero-order chi connectivity index (χ0) is 26.4. The molecule has 37 heavy (non-hydrogen) atoms. The zero-order valence-corrected chi connectivity index (χ0v) is 24.4. The largest absolute Gasteiger partial charge is 0.497 e. The molecule has 2 aliphatic heterocycles. The molecule has 4 atom stereocenters. The molecule has 1 amide bonds. The van der Waals surface area contributed by atoms with Gasteiger partial charge in [0.2, 0.25) is 0 Å². The van der Waals surface area contributed by atoms with Crippen molar-refractivity contribution in [2.24, 2.45) is 5.92 Å². The van der Waals surface area contributed by atoms with Crippen LogP contribution in [0.3, 0.4) is 0 Å². The molecule has 1 fully saturated rings. The highest BCUT2D eigenvalue weighted by molar-refractivity contribution is 9.10. The van der Waals surface area contributed by atoms with Crippen LogP contribution in [0.4, 0.5) is 5.69 Å². The van der Waals surface area contributed by atoms with Gasteiger partial charge in [-0.1, -0.05) is 83.6 Å². The Balaban J connectivity index is 1.61. The Morgan fingerprint density at radius 2 is 1.78 bits per heavy atom. The maximum absolute atomic E-state index is 14.5. The summed E-state index contributed by atoms with van der Waals surface area (Å²) in [6, 6.07) is 24.5. The summed E-state index contributed by atoms with van der Waals surface area (Å²) in [5, 5.41) is 11.3. The summed E-state index contributed by atoms with van der Waals surface area (Å²) in [7, 11) is -0.499. The molecule has 1 spiro atoms. The van der Waals surface area contributed by atoms with Gasteiger partial charge in [-0.25, -0.2) is 0 Å². The first-order valence-corrected chi connectivity index (χ1v) is 16.7. The van der Waals surface area contributed by atoms with Gasteiger partial charge in [0, 0.05) is 22.6 Å². The van der Waals surface area contributed by atoms with Crippen LogP contribution in [0.5, 0.6) is 5.75 Å². The molecule has 7 heteroatoms. The summed E-state index contributed by atoms with van der Waals surface area (Å²) >= 11 is 3.64. The Kier molecular flexibility index (Phi) is 7.09. The van der Waals surface area contributed by atoms with E-state index in [1.807, 2.05) is 59.5 Å². The summed E-state index contributed by atoms with van der Waals surface area (Å²) in [5.74, 6) is 0.741. The molecule has 1 N–H and O–H groups in total. The van der Waals surface area contributed by atoms with Gasteiger partial charge in [-0.15, -0.1) is 0 Å². The molecule has 3 aromatic rings. The molecule has 0 saturated carbocycles. The number of halogens is 1. The van der Waals surface area contributed by atoms with E-state index in [2.05, 4.69) is 54.1 Å². The lowest BCUT2D eigenvalue weighted by atomic mass is 9.82. The van der Waals surface area contributed by atoms with Gasteiger partial charge in [0.15, 0.2) is 5.60 Å². The number of aliphatic hydroxyl groups excluding tert-OH is 1. The molecule has 0 aliphatic carbocycles. The third-order valence-corrected chi connectivity index (χ3v) is 13.2. The molecule has 3 aromatic carbocycles. The van der Waals surface area contributed by atoms with Crippen molar-refractivity contribution in [3.05, 3.63) is 88.4 Å². The predicted octanol–water partition coefficient (Wildman–Crippen LogP) is 5.60. The van der Waals surface area contributed by atoms with Gasteiger partial charge < -0.3 is 19.5 Å². The van der Waals surface area contributed by atoms with Crippen molar-refractivity contribution >= 4 is 40.8 Å². The van der Waals surface area contributed by atoms with Gasteiger partial charge in [-0.3, -0.25) is 4.79 Å². The van der Waals surface area contributed by atoms with Crippen LogP contribution < -0.4 is 14.8 Å². The van der Waals surface area contributed by atoms with Gasteiger partial charge in [-0.2, -0.15) is 0 Å². The lowest BCUT2D eigenvalue weighted by molar-refractivity contribution is -0.146. The topological polar surface area (TPSA) is 59.0 Å². The minimum absolute atomic E-state index is 0.0121. The van der Waals surface area contributed by atoms with Gasteiger partial charge in [0.1, 0.15) is 5.75 Å². The summed E-state index contributed by atoms with van der Waals surface area (Å²) in [6.07, 6.45) is 0.273. The second kappa shape index (κ2) is 10.0. The monoisotopic (exact) mass is 579 g/mol. The molecule has 0 bridgehead atoms. The Bertz CT molecular complexity index is 1280. The van der Waals surface area contributed by atoms with Crippen LogP contribution in [0, 0.1) is 5.92 Å². The number of carbonyl (C=O) groups is 1. The van der Waals surface area contributed by atoms with E-state index in [0.29, 0.717) is 13.0 Å². The number of rotatable bonds is 7. The minimum atomic E-state index is -2.17. The number of nitrogens with zero attached hydrogens (tertiary/aromatic N) is 1. The second-order valence-corrected chi connectivity index (χ2v) is 16.3. The summed E-state index contributed by atoms with van der Waals surface area (Å²) in [6.45, 7) is 7.39. The number of anilines is 1. The molecule has 0 radical (unpaired) electrons. The predicted molar refractivity (Wildman–Crippen MR) is 153 cm³/mol. The van der Waals surface area contributed by atoms with Crippen molar-refractivity contribution in [3.63, 3.8) is 0 Å². The standard InChI is InChI=1S/C30H34BrNO4Si/c1-20-28(37(3,4)24-13-11-23(35-2)12-14-24)27(16-17-33)36-30(20)25-18-22(31)10-15-26(25)32(29(30)34)19-21-8-6-5-7-9-21/h5-15,18,20,27-28,33H,16-17,19H2,1-4H3/t20-,27+,28-,30+/m0/s1. The van der Waals surface area contributed by atoms with Crippen LogP contribution >= 0.6 is 15.9 Å². The highest BCUT2D eigenvalue weighted by Crippen LogP contribution is 2.60. The molecule has 5 nitrogen and oxygen atoms in total. The molecular formula is C30H34BrNO4Si. The number of hydrogen-bond acceptors (Lipinski definition) is 4. The molecule has 0 unspecified atom stereocenters. The number of fused-ring (bicyclic) bond motifs is 2. The number of benzene rings is 3. The summed E-state index contributed by atoms with van der Waals surface area (Å²) < 4.78 is 13.2. The van der Waals surface area contributed by atoms with Gasteiger partial charge in [0.25, 0.3) is 5.91 Å². The Morgan fingerprint density at radius 1 is 1.08 bits per heavy atom. The quantitative estimate of drug-likeness (QED) is 0.370. The van der Waals surface area contributed by atoms with Gasteiger partial charge in [-0.05, 0) is 47.9 Å². The van der Waals surface area contributed by atoms with Crippen molar-refractivity contribution in [1.29, 1.82) is 0 Å². The number of amides is 1. The van der Waals surface area contributed by atoms with E-state index < -0.39 is 13.7 Å². The number of carbonyl (C=O) groups excluding carboxylic acids is 1. The first-order valence-electron chi connectivity index (χ1n) is 12.8. The fourth-order valence-corrected chi connectivity index (χ4v) is 11.0.